The second-order valence-corrected chi connectivity index (χ2v) is 7.15. The van der Waals surface area contributed by atoms with Crippen LogP contribution >= 0.6 is 0 Å². The maximum Gasteiger partial charge on any atom is 0.164 e. The van der Waals surface area contributed by atoms with Crippen molar-refractivity contribution in [1.29, 1.82) is 0 Å². The molecule has 0 aromatic carbocycles. The summed E-state index contributed by atoms with van der Waals surface area (Å²) >= 11 is 0. The van der Waals surface area contributed by atoms with E-state index in [0.717, 1.165) is 23.3 Å². The molecule has 1 nitrogen and oxygen atoms in total. The van der Waals surface area contributed by atoms with E-state index in [1.54, 1.807) is 0 Å². The average molecular weight is 232 g/mol. The Hall–Kier alpha value is -0.590. The van der Waals surface area contributed by atoms with E-state index in [-0.39, 0.29) is 5.41 Å². The van der Waals surface area contributed by atoms with Gasteiger partial charge in [-0.15, -0.1) is 0 Å². The topological polar surface area (TPSA) is 17.1 Å². The van der Waals surface area contributed by atoms with Gasteiger partial charge in [0.1, 0.15) is 0 Å². The summed E-state index contributed by atoms with van der Waals surface area (Å²) in [5, 5.41) is 0. The summed E-state index contributed by atoms with van der Waals surface area (Å²) in [5.41, 5.74) is 2.33. The van der Waals surface area contributed by atoms with Crippen LogP contribution in [0, 0.1) is 23.2 Å². The third-order valence-corrected chi connectivity index (χ3v) is 5.61. The molecule has 0 unspecified atom stereocenters. The summed E-state index contributed by atoms with van der Waals surface area (Å²) < 4.78 is 0. The van der Waals surface area contributed by atoms with Crippen LogP contribution in [-0.2, 0) is 4.79 Å². The summed E-state index contributed by atoms with van der Waals surface area (Å²) in [5.74, 6) is 3.11. The maximum absolute atomic E-state index is 12.8. The van der Waals surface area contributed by atoms with Gasteiger partial charge in [0.25, 0.3) is 0 Å². The van der Waals surface area contributed by atoms with Crippen molar-refractivity contribution >= 4 is 5.78 Å². The van der Waals surface area contributed by atoms with E-state index in [1.165, 1.54) is 44.1 Å². The summed E-state index contributed by atoms with van der Waals surface area (Å²) in [7, 11) is 0. The fraction of sp³-hybridized carbons (Fsp3) is 0.812. The van der Waals surface area contributed by atoms with E-state index < -0.39 is 0 Å². The number of allylic oxidation sites excluding steroid dienone is 2. The van der Waals surface area contributed by atoms with Gasteiger partial charge >= 0.3 is 0 Å². The first-order valence-electron chi connectivity index (χ1n) is 7.19. The van der Waals surface area contributed by atoms with Crippen molar-refractivity contribution in [3.8, 4) is 0 Å². The molecule has 0 spiro atoms. The number of carbonyl (C=O) groups excluding carboxylic acids is 1. The number of carbonyl (C=O) groups is 1. The normalized spacial score (nSPS) is 42.6. The Balaban J connectivity index is 1.92. The van der Waals surface area contributed by atoms with Gasteiger partial charge in [0.15, 0.2) is 5.78 Å². The summed E-state index contributed by atoms with van der Waals surface area (Å²) in [6, 6.07) is 0. The van der Waals surface area contributed by atoms with Gasteiger partial charge in [-0.2, -0.15) is 0 Å². The fourth-order valence-electron chi connectivity index (χ4n) is 5.01. The minimum Gasteiger partial charge on any atom is -0.294 e. The van der Waals surface area contributed by atoms with E-state index in [0.29, 0.717) is 5.78 Å². The van der Waals surface area contributed by atoms with Gasteiger partial charge < -0.3 is 0 Å². The zero-order valence-corrected chi connectivity index (χ0v) is 11.4. The molecule has 17 heavy (non-hydrogen) atoms. The lowest BCUT2D eigenvalue weighted by molar-refractivity contribution is -0.139. The van der Waals surface area contributed by atoms with Gasteiger partial charge in [-0.25, -0.2) is 0 Å². The molecule has 4 aliphatic carbocycles. The maximum atomic E-state index is 12.8. The van der Waals surface area contributed by atoms with Crippen LogP contribution in [0.2, 0.25) is 0 Å². The highest BCUT2D eigenvalue weighted by Crippen LogP contribution is 2.60. The minimum absolute atomic E-state index is 0.0656. The number of rotatable bonds is 2. The SMILES string of the molecule is CC(C)=C(C)C(=O)C12CC3CC(CC(C3)C1)C2. The summed E-state index contributed by atoms with van der Waals surface area (Å²) in [6.07, 6.45) is 7.84. The van der Waals surface area contributed by atoms with Gasteiger partial charge in [0.2, 0.25) is 0 Å². The highest BCUT2D eigenvalue weighted by molar-refractivity contribution is 6.00. The van der Waals surface area contributed by atoms with E-state index in [4.69, 9.17) is 0 Å². The lowest BCUT2D eigenvalue weighted by Gasteiger charge is -2.56. The zero-order chi connectivity index (χ0) is 12.2. The van der Waals surface area contributed by atoms with Crippen LogP contribution < -0.4 is 0 Å². The molecular formula is C16H24O. The fourth-order valence-corrected chi connectivity index (χ4v) is 5.01. The lowest BCUT2D eigenvalue weighted by Crippen LogP contribution is -2.50. The largest absolute Gasteiger partial charge is 0.294 e. The van der Waals surface area contributed by atoms with Crippen LogP contribution in [0.4, 0.5) is 0 Å². The van der Waals surface area contributed by atoms with Crippen LogP contribution in [-0.4, -0.2) is 5.78 Å². The molecule has 0 aromatic heterocycles. The Labute approximate surface area is 105 Å². The molecule has 94 valence electrons. The van der Waals surface area contributed by atoms with Crippen LogP contribution in [0.3, 0.4) is 0 Å². The van der Waals surface area contributed by atoms with Crippen LogP contribution in [0.25, 0.3) is 0 Å². The zero-order valence-electron chi connectivity index (χ0n) is 11.4. The Morgan fingerprint density at radius 1 is 0.882 bits per heavy atom. The van der Waals surface area contributed by atoms with Crippen molar-refractivity contribution in [1.82, 2.24) is 0 Å². The monoisotopic (exact) mass is 232 g/mol. The summed E-state index contributed by atoms with van der Waals surface area (Å²) in [6.45, 7) is 6.19. The number of hydrogen-bond acceptors (Lipinski definition) is 1. The first-order valence-corrected chi connectivity index (χ1v) is 7.19. The molecule has 4 saturated carbocycles. The van der Waals surface area contributed by atoms with Crippen LogP contribution in [0.5, 0.6) is 0 Å². The van der Waals surface area contributed by atoms with E-state index in [1.807, 2.05) is 6.92 Å². The third kappa shape index (κ3) is 1.70. The lowest BCUT2D eigenvalue weighted by atomic mass is 9.48. The second-order valence-electron chi connectivity index (χ2n) is 7.15. The molecule has 0 aliphatic heterocycles. The molecule has 0 amide bonds. The van der Waals surface area contributed by atoms with Crippen molar-refractivity contribution in [3.63, 3.8) is 0 Å². The molecule has 4 rings (SSSR count). The molecular weight excluding hydrogens is 208 g/mol. The summed E-state index contributed by atoms with van der Waals surface area (Å²) in [4.78, 5) is 12.8. The standard InChI is InChI=1S/C16H24O/c1-10(2)11(3)15(17)16-7-12-4-13(8-16)6-14(5-12)9-16/h12-14H,4-9H2,1-3H3. The highest BCUT2D eigenvalue weighted by Gasteiger charge is 2.54. The molecule has 4 bridgehead atoms. The highest BCUT2D eigenvalue weighted by atomic mass is 16.1. The number of Topliss-reactive ketones (excluding diaryl/α,β-unsaturated/α-hetero) is 1. The predicted molar refractivity (Wildman–Crippen MR) is 69.7 cm³/mol. The first kappa shape index (κ1) is 11.5. The molecule has 0 atom stereocenters. The minimum atomic E-state index is 0.0656. The van der Waals surface area contributed by atoms with E-state index in [9.17, 15) is 4.79 Å². The van der Waals surface area contributed by atoms with E-state index in [2.05, 4.69) is 13.8 Å². The van der Waals surface area contributed by atoms with Crippen molar-refractivity contribution in [2.75, 3.05) is 0 Å². The van der Waals surface area contributed by atoms with Crippen molar-refractivity contribution in [3.05, 3.63) is 11.1 Å². The third-order valence-electron chi connectivity index (χ3n) is 5.61. The molecule has 0 heterocycles. The van der Waals surface area contributed by atoms with E-state index >= 15 is 0 Å². The number of ketones is 1. The molecule has 0 radical (unpaired) electrons. The Kier molecular flexibility index (Phi) is 2.50. The van der Waals surface area contributed by atoms with Gasteiger partial charge in [-0.05, 0) is 82.6 Å². The van der Waals surface area contributed by atoms with Gasteiger partial charge in [0.05, 0.1) is 0 Å². The smallest absolute Gasteiger partial charge is 0.164 e. The molecule has 0 N–H and O–H groups in total. The molecule has 4 aliphatic rings. The predicted octanol–water partition coefficient (Wildman–Crippen LogP) is 4.13. The quantitative estimate of drug-likeness (QED) is 0.654. The molecule has 1 heteroatoms. The van der Waals surface area contributed by atoms with Crippen molar-refractivity contribution in [2.45, 2.75) is 59.3 Å². The Bertz CT molecular complexity index is 349. The van der Waals surface area contributed by atoms with Crippen molar-refractivity contribution in [2.24, 2.45) is 23.2 Å². The molecule has 0 saturated heterocycles. The number of hydrogen-bond donors (Lipinski definition) is 0. The van der Waals surface area contributed by atoms with Gasteiger partial charge in [-0.3, -0.25) is 4.79 Å². The molecule has 4 fully saturated rings. The van der Waals surface area contributed by atoms with Crippen LogP contribution in [0.15, 0.2) is 11.1 Å². The Morgan fingerprint density at radius 3 is 1.65 bits per heavy atom. The average Bonchev–Trinajstić information content (AvgIpc) is 2.25. The first-order chi connectivity index (χ1) is 8.00. The molecule has 0 aromatic rings. The van der Waals surface area contributed by atoms with Crippen molar-refractivity contribution < 1.29 is 4.79 Å². The second kappa shape index (κ2) is 3.70. The van der Waals surface area contributed by atoms with Gasteiger partial charge in [0, 0.05) is 5.41 Å². The Morgan fingerprint density at radius 2 is 1.29 bits per heavy atom. The van der Waals surface area contributed by atoms with Gasteiger partial charge in [-0.1, -0.05) is 5.57 Å². The van der Waals surface area contributed by atoms with Crippen LogP contribution in [0.1, 0.15) is 59.3 Å².